The summed E-state index contributed by atoms with van der Waals surface area (Å²) in [6, 6.07) is 34.3. The Morgan fingerprint density at radius 3 is 1.37 bits per heavy atom. The molecule has 0 amide bonds. The molecule has 0 atom stereocenters. The topological polar surface area (TPSA) is 168 Å². The Balaban J connectivity index is 1.36. The Morgan fingerprint density at radius 2 is 0.923 bits per heavy atom. The molecule has 2 aliphatic rings. The van der Waals surface area contributed by atoms with E-state index < -0.39 is 0 Å². The smallest absolute Gasteiger partial charge is 0.399 e. The van der Waals surface area contributed by atoms with Gasteiger partial charge >= 0.3 is 229 Å². The quantitative estimate of drug-likeness (QED) is 0.0589. The summed E-state index contributed by atoms with van der Waals surface area (Å²) in [5.41, 5.74) is 45.8. The second-order valence-electron chi connectivity index (χ2n) is 12.2. The van der Waals surface area contributed by atoms with Crippen LogP contribution >= 0.6 is 0 Å². The van der Waals surface area contributed by atoms with Gasteiger partial charge in [-0.05, 0) is 17.7 Å². The number of aromatic amines is 1. The van der Waals surface area contributed by atoms with E-state index >= 15 is 0 Å². The van der Waals surface area contributed by atoms with Gasteiger partial charge in [-0.25, -0.2) is 0 Å². The number of aliphatic imine (C=N–C) groups is 2. The van der Waals surface area contributed by atoms with E-state index in [-0.39, 0.29) is 5.70 Å². The molecule has 0 aliphatic carbocycles. The number of hydrogen-bond acceptors (Lipinski definition) is 6. The third-order valence-electron chi connectivity index (χ3n) is 8.67. The normalized spacial score (nSPS) is 15.9. The van der Waals surface area contributed by atoms with E-state index in [0.717, 1.165) is 60.7 Å². The second-order valence-corrected chi connectivity index (χ2v) is 12.7. The zero-order valence-corrected chi connectivity index (χ0v) is 28.9. The number of anilines is 4. The van der Waals surface area contributed by atoms with E-state index in [4.69, 9.17) is 60.5 Å². The first-order chi connectivity index (χ1) is 25.2. The minimum Gasteiger partial charge on any atom is -0.399 e. The Morgan fingerprint density at radius 1 is 0.538 bits per heavy atom. The van der Waals surface area contributed by atoms with E-state index in [1.165, 1.54) is 6.08 Å². The van der Waals surface area contributed by atoms with Crippen molar-refractivity contribution in [1.82, 2.24) is 4.98 Å². The van der Waals surface area contributed by atoms with E-state index in [0.29, 0.717) is 39.7 Å². The van der Waals surface area contributed by atoms with Gasteiger partial charge in [0.15, 0.2) is 0 Å². The van der Waals surface area contributed by atoms with Crippen LogP contribution in [0.2, 0.25) is 0 Å². The molecule has 0 fully saturated rings. The van der Waals surface area contributed by atoms with Gasteiger partial charge in [0, 0.05) is 11.4 Å². The molecule has 0 saturated carbocycles. The molecule has 8 nitrogen and oxygen atoms in total. The molecule has 0 spiro atoms. The van der Waals surface area contributed by atoms with Gasteiger partial charge in [-0.1, -0.05) is 17.7 Å². The maximum atomic E-state index is 8.66. The summed E-state index contributed by atoms with van der Waals surface area (Å²) in [5.74, 6) is 0. The number of nitrogens with zero attached hydrogens (tertiary/aromatic N) is 2. The number of benzene rings is 4. The van der Waals surface area contributed by atoms with Crippen LogP contribution in [0.25, 0.3) is 22.5 Å². The number of H-pyrrole nitrogens is 1. The molecule has 4 aromatic carbocycles. The number of aromatic nitrogens is 1. The molecule has 10 N–H and O–H groups in total. The molecule has 3 heterocycles. The molecule has 9 heteroatoms. The molecular weight excluding hydrogens is 687 g/mol. The Bertz CT molecular complexity index is 2430. The van der Waals surface area contributed by atoms with Gasteiger partial charge in [0.2, 0.25) is 0 Å². The van der Waals surface area contributed by atoms with Crippen molar-refractivity contribution >= 4 is 55.3 Å². The fourth-order valence-corrected chi connectivity index (χ4v) is 6.39. The predicted octanol–water partition coefficient (Wildman–Crippen LogP) is 8.10. The van der Waals surface area contributed by atoms with Crippen molar-refractivity contribution in [2.45, 2.75) is 0 Å². The number of hydrogen-bond donors (Lipinski definition) is 5. The number of rotatable bonds is 9. The van der Waals surface area contributed by atoms with Crippen molar-refractivity contribution in [2.24, 2.45) is 9.98 Å². The molecule has 52 heavy (non-hydrogen) atoms. The molecule has 0 unspecified atom stereocenters. The average molecular weight is 722 g/mol. The van der Waals surface area contributed by atoms with Crippen LogP contribution in [0, 0.1) is 6.58 Å². The van der Waals surface area contributed by atoms with Gasteiger partial charge < -0.3 is 17.2 Å². The van der Waals surface area contributed by atoms with Crippen molar-refractivity contribution < 1.29 is 15.3 Å². The first-order valence-electron chi connectivity index (χ1n) is 16.4. The van der Waals surface area contributed by atoms with Crippen LogP contribution in [0.3, 0.4) is 0 Å². The summed E-state index contributed by atoms with van der Waals surface area (Å²) in [5, 5.41) is 0. The van der Waals surface area contributed by atoms with E-state index in [1.807, 2.05) is 121 Å². The Kier molecular flexibility index (Phi) is 9.28. The van der Waals surface area contributed by atoms with Crippen molar-refractivity contribution in [2.75, 3.05) is 22.9 Å². The summed E-state index contributed by atoms with van der Waals surface area (Å²) in [6.45, 7) is 5.86. The van der Waals surface area contributed by atoms with Crippen LogP contribution in [0.15, 0.2) is 167 Å². The monoisotopic (exact) mass is 721 g/mol. The average Bonchev–Trinajstić information content (AvgIpc) is 3.94. The van der Waals surface area contributed by atoms with Crippen LogP contribution in [0.4, 0.5) is 22.7 Å². The molecule has 1 aromatic heterocycles. The molecule has 5 aromatic rings. The van der Waals surface area contributed by atoms with Crippen molar-refractivity contribution in [3.05, 3.63) is 203 Å². The van der Waals surface area contributed by atoms with Crippen LogP contribution in [-0.4, -0.2) is 20.9 Å². The minimum absolute atomic E-state index is 0.146. The third-order valence-corrected chi connectivity index (χ3v) is 9.24. The number of nitrogens with two attached hydrogens (primary N) is 4. The molecule has 2 aliphatic heterocycles. The third kappa shape index (κ3) is 6.86. The SMILES string of the molecule is [CH-]=C/C([NH-])=C(C1=N/C(=C(/c2ccc(N)cc2)c2ccc(/C(=C3/C=CC([C](=[Co])c4ccc(N)cc4)=N3)c3ccc(N)cc3)[nH]2)C=C1)\c1ccc(N)cc1. The fourth-order valence-electron chi connectivity index (χ4n) is 6.07. The molecule has 0 saturated heterocycles. The van der Waals surface area contributed by atoms with Crippen molar-refractivity contribution in [3.63, 3.8) is 0 Å². The van der Waals surface area contributed by atoms with Crippen molar-refractivity contribution in [1.29, 1.82) is 0 Å². The van der Waals surface area contributed by atoms with Gasteiger partial charge in [0.1, 0.15) is 0 Å². The summed E-state index contributed by atoms with van der Waals surface area (Å²) in [6.07, 6.45) is 9.05. The molecule has 257 valence electrons. The van der Waals surface area contributed by atoms with Crippen LogP contribution < -0.4 is 22.9 Å². The van der Waals surface area contributed by atoms with Gasteiger partial charge in [-0.15, -0.1) is 0 Å². The van der Waals surface area contributed by atoms with Gasteiger partial charge in [-0.3, -0.25) is 18.4 Å². The number of allylic oxidation sites excluding steroid dienone is 6. The zero-order chi connectivity index (χ0) is 36.4. The Labute approximate surface area is 310 Å². The first-order valence-corrected chi connectivity index (χ1v) is 16.9. The molecule has 0 radical (unpaired) electrons. The van der Waals surface area contributed by atoms with Gasteiger partial charge in [-0.2, -0.15) is 0 Å². The summed E-state index contributed by atoms with van der Waals surface area (Å²) in [7, 11) is 0. The van der Waals surface area contributed by atoms with E-state index in [9.17, 15) is 0 Å². The molecule has 0 bridgehead atoms. The predicted molar refractivity (Wildman–Crippen MR) is 214 cm³/mol. The standard InChI is InChI=1S/C43H34N8.Co/c1-2-35(48)41(27-5-13-31(45)14-6-27)36-21-22-39(50-36)43(29-9-17-33(47)18-10-29)40-24-23-38(51-40)42(28-7-15-32(46)16-8-28)37-20-19-34(49-37)25-26-3-11-30(44)12-4-26;/h1-24,48,51H,44-47H2;/q-2;/b41-35-,42-37-,43-39-;. The number of nitrogen functional groups attached to an aromatic ring is 4. The minimum atomic E-state index is 0.146. The summed E-state index contributed by atoms with van der Waals surface area (Å²) < 4.78 is 0.732. The van der Waals surface area contributed by atoms with Gasteiger partial charge in [0.05, 0.1) is 0 Å². The molecular formula is C43H34CoN8-2. The fraction of sp³-hybridized carbons (Fsp3) is 0. The first kappa shape index (κ1) is 33.8. The Hall–Kier alpha value is -6.68. The van der Waals surface area contributed by atoms with Crippen LogP contribution in [0.1, 0.15) is 33.6 Å². The van der Waals surface area contributed by atoms with Crippen LogP contribution in [0.5, 0.6) is 0 Å². The summed E-state index contributed by atoms with van der Waals surface area (Å²) >= 11 is 4.89. The second kappa shape index (κ2) is 14.3. The number of nitrogens with one attached hydrogen (secondary N) is 2. The molecule has 7 rings (SSSR count). The van der Waals surface area contributed by atoms with E-state index in [2.05, 4.69) is 4.98 Å². The summed E-state index contributed by atoms with van der Waals surface area (Å²) in [4.78, 5) is 13.8. The van der Waals surface area contributed by atoms with E-state index in [1.54, 1.807) is 12.1 Å². The zero-order valence-electron chi connectivity index (χ0n) is 27.9. The van der Waals surface area contributed by atoms with Gasteiger partial charge in [0.25, 0.3) is 0 Å². The maximum absolute atomic E-state index is 8.66. The van der Waals surface area contributed by atoms with Crippen LogP contribution in [-0.2, 0) is 15.3 Å². The van der Waals surface area contributed by atoms with Crippen molar-refractivity contribution in [3.8, 4) is 0 Å².